The lowest BCUT2D eigenvalue weighted by Crippen LogP contribution is -2.05. The summed E-state index contributed by atoms with van der Waals surface area (Å²) in [4.78, 5) is 0. The molecule has 0 aliphatic heterocycles. The quantitative estimate of drug-likeness (QED) is 0.769. The van der Waals surface area contributed by atoms with E-state index >= 15 is 0 Å². The summed E-state index contributed by atoms with van der Waals surface area (Å²) in [7, 11) is 0. The highest BCUT2D eigenvalue weighted by Crippen LogP contribution is 2.35. The number of nitrogens with zero attached hydrogens (tertiary/aromatic N) is 1. The van der Waals surface area contributed by atoms with E-state index in [2.05, 4.69) is 21.2 Å². The average molecular weight is 356 g/mol. The molecule has 0 unspecified atom stereocenters. The SMILES string of the molecule is N#Cc1ccc(Nc2cc(C(F)(F)F)ccc2Br)cc1N. The molecule has 108 valence electrons. The van der Waals surface area contributed by atoms with Gasteiger partial charge in [-0.2, -0.15) is 18.4 Å². The zero-order valence-corrected chi connectivity index (χ0v) is 12.1. The molecule has 21 heavy (non-hydrogen) atoms. The molecule has 0 spiro atoms. The Kier molecular flexibility index (Phi) is 4.09. The van der Waals surface area contributed by atoms with Gasteiger partial charge in [-0.05, 0) is 52.3 Å². The lowest BCUT2D eigenvalue weighted by molar-refractivity contribution is -0.137. The molecule has 0 fully saturated rings. The van der Waals surface area contributed by atoms with E-state index in [-0.39, 0.29) is 11.4 Å². The summed E-state index contributed by atoms with van der Waals surface area (Å²) in [6.45, 7) is 0. The number of nitrogens with two attached hydrogens (primary N) is 1. The summed E-state index contributed by atoms with van der Waals surface area (Å²) in [5.74, 6) is 0. The molecule has 0 atom stereocenters. The van der Waals surface area contributed by atoms with Gasteiger partial charge in [-0.1, -0.05) is 0 Å². The zero-order chi connectivity index (χ0) is 15.6. The molecular formula is C14H9BrF3N3. The van der Waals surface area contributed by atoms with Crippen LogP contribution in [0.4, 0.5) is 30.2 Å². The number of anilines is 3. The van der Waals surface area contributed by atoms with Crippen molar-refractivity contribution in [3.05, 3.63) is 52.0 Å². The van der Waals surface area contributed by atoms with E-state index in [1.165, 1.54) is 18.2 Å². The third-order valence-corrected chi connectivity index (χ3v) is 3.44. The number of rotatable bonds is 2. The monoisotopic (exact) mass is 355 g/mol. The van der Waals surface area contributed by atoms with Crippen molar-refractivity contribution in [2.24, 2.45) is 0 Å². The van der Waals surface area contributed by atoms with Crippen LogP contribution in [-0.4, -0.2) is 0 Å². The van der Waals surface area contributed by atoms with Gasteiger partial charge in [-0.15, -0.1) is 0 Å². The summed E-state index contributed by atoms with van der Waals surface area (Å²) in [6, 6.07) is 9.78. The molecule has 0 radical (unpaired) electrons. The Labute approximate surface area is 127 Å². The summed E-state index contributed by atoms with van der Waals surface area (Å²) in [6.07, 6.45) is -4.42. The van der Waals surface area contributed by atoms with Gasteiger partial charge in [-0.25, -0.2) is 0 Å². The van der Waals surface area contributed by atoms with Crippen LogP contribution in [-0.2, 0) is 6.18 Å². The third-order valence-electron chi connectivity index (χ3n) is 2.74. The number of hydrogen-bond donors (Lipinski definition) is 2. The fraction of sp³-hybridized carbons (Fsp3) is 0.0714. The Morgan fingerprint density at radius 1 is 1.14 bits per heavy atom. The minimum Gasteiger partial charge on any atom is -0.398 e. The van der Waals surface area contributed by atoms with Gasteiger partial charge in [0.05, 0.1) is 22.5 Å². The largest absolute Gasteiger partial charge is 0.416 e. The topological polar surface area (TPSA) is 61.8 Å². The van der Waals surface area contributed by atoms with Gasteiger partial charge in [0.2, 0.25) is 0 Å². The molecule has 2 aromatic rings. The minimum atomic E-state index is -4.42. The van der Waals surface area contributed by atoms with Crippen LogP contribution in [0, 0.1) is 11.3 Å². The van der Waals surface area contributed by atoms with Gasteiger partial charge in [0.25, 0.3) is 0 Å². The Hall–Kier alpha value is -2.20. The molecule has 2 rings (SSSR count). The van der Waals surface area contributed by atoms with Crippen molar-refractivity contribution in [3.8, 4) is 6.07 Å². The van der Waals surface area contributed by atoms with E-state index in [9.17, 15) is 13.2 Å². The minimum absolute atomic E-state index is 0.255. The molecule has 0 aromatic heterocycles. The molecule has 0 saturated heterocycles. The first kappa shape index (κ1) is 15.2. The van der Waals surface area contributed by atoms with Crippen LogP contribution in [0.5, 0.6) is 0 Å². The Bertz CT molecular complexity index is 720. The first-order chi connectivity index (χ1) is 9.81. The van der Waals surface area contributed by atoms with Crippen molar-refractivity contribution in [2.75, 3.05) is 11.1 Å². The van der Waals surface area contributed by atoms with Gasteiger partial charge in [0.1, 0.15) is 6.07 Å². The Morgan fingerprint density at radius 3 is 2.43 bits per heavy atom. The van der Waals surface area contributed by atoms with Gasteiger partial charge in [0, 0.05) is 10.2 Å². The van der Waals surface area contributed by atoms with Gasteiger partial charge >= 0.3 is 6.18 Å². The van der Waals surface area contributed by atoms with E-state index in [0.29, 0.717) is 15.7 Å². The first-order valence-corrected chi connectivity index (χ1v) is 6.54. The van der Waals surface area contributed by atoms with E-state index in [1.54, 1.807) is 6.07 Å². The second-order valence-electron chi connectivity index (χ2n) is 4.23. The average Bonchev–Trinajstić information content (AvgIpc) is 2.40. The van der Waals surface area contributed by atoms with Crippen LogP contribution < -0.4 is 11.1 Å². The van der Waals surface area contributed by atoms with Crippen LogP contribution in [0.25, 0.3) is 0 Å². The Balaban J connectivity index is 2.35. The van der Waals surface area contributed by atoms with E-state index < -0.39 is 11.7 Å². The number of nitriles is 1. The van der Waals surface area contributed by atoms with Crippen LogP contribution >= 0.6 is 15.9 Å². The second-order valence-corrected chi connectivity index (χ2v) is 5.09. The van der Waals surface area contributed by atoms with Crippen molar-refractivity contribution in [1.82, 2.24) is 0 Å². The molecule has 0 amide bonds. The van der Waals surface area contributed by atoms with Crippen LogP contribution in [0.15, 0.2) is 40.9 Å². The van der Waals surface area contributed by atoms with Crippen LogP contribution in [0.2, 0.25) is 0 Å². The normalized spacial score (nSPS) is 11.0. The van der Waals surface area contributed by atoms with Crippen molar-refractivity contribution >= 4 is 33.0 Å². The van der Waals surface area contributed by atoms with Gasteiger partial charge < -0.3 is 11.1 Å². The Morgan fingerprint density at radius 2 is 1.86 bits per heavy atom. The van der Waals surface area contributed by atoms with E-state index in [1.807, 2.05) is 6.07 Å². The third kappa shape index (κ3) is 3.47. The summed E-state index contributed by atoms with van der Waals surface area (Å²) < 4.78 is 38.6. The van der Waals surface area contributed by atoms with E-state index in [0.717, 1.165) is 12.1 Å². The standard InChI is InChI=1S/C14H9BrF3N3/c15-11-4-2-9(14(16,17)18)5-13(11)21-10-3-1-8(7-19)12(20)6-10/h1-6,21H,20H2. The summed E-state index contributed by atoms with van der Waals surface area (Å²) in [5, 5.41) is 11.6. The van der Waals surface area contributed by atoms with E-state index in [4.69, 9.17) is 11.0 Å². The first-order valence-electron chi connectivity index (χ1n) is 5.74. The highest BCUT2D eigenvalue weighted by atomic mass is 79.9. The lowest BCUT2D eigenvalue weighted by Gasteiger charge is -2.13. The van der Waals surface area contributed by atoms with Crippen molar-refractivity contribution < 1.29 is 13.2 Å². The molecule has 3 nitrogen and oxygen atoms in total. The predicted octanol–water partition coefficient (Wildman–Crippen LogP) is 4.67. The number of nitrogen functional groups attached to an aromatic ring is 1. The maximum Gasteiger partial charge on any atom is 0.416 e. The molecular weight excluding hydrogens is 347 g/mol. The predicted molar refractivity (Wildman–Crippen MR) is 78.0 cm³/mol. The molecule has 0 heterocycles. The molecule has 7 heteroatoms. The molecule has 0 saturated carbocycles. The zero-order valence-electron chi connectivity index (χ0n) is 10.5. The van der Waals surface area contributed by atoms with Crippen LogP contribution in [0.3, 0.4) is 0 Å². The second kappa shape index (κ2) is 5.66. The highest BCUT2D eigenvalue weighted by Gasteiger charge is 2.30. The maximum atomic E-state index is 12.7. The number of benzene rings is 2. The number of halogens is 4. The summed E-state index contributed by atoms with van der Waals surface area (Å²) in [5.41, 5.74) is 6.23. The van der Waals surface area contributed by atoms with Gasteiger partial charge in [-0.3, -0.25) is 0 Å². The fourth-order valence-corrected chi connectivity index (χ4v) is 2.04. The van der Waals surface area contributed by atoms with Crippen LogP contribution in [0.1, 0.15) is 11.1 Å². The maximum absolute atomic E-state index is 12.7. The molecule has 0 bridgehead atoms. The highest BCUT2D eigenvalue weighted by molar-refractivity contribution is 9.10. The molecule has 2 aromatic carbocycles. The number of nitrogens with one attached hydrogen (secondary N) is 1. The van der Waals surface area contributed by atoms with Gasteiger partial charge in [0.15, 0.2) is 0 Å². The number of hydrogen-bond acceptors (Lipinski definition) is 3. The smallest absolute Gasteiger partial charge is 0.398 e. The van der Waals surface area contributed by atoms with Crippen molar-refractivity contribution in [3.63, 3.8) is 0 Å². The van der Waals surface area contributed by atoms with Crippen molar-refractivity contribution in [1.29, 1.82) is 5.26 Å². The summed E-state index contributed by atoms with van der Waals surface area (Å²) >= 11 is 3.19. The van der Waals surface area contributed by atoms with Crippen molar-refractivity contribution in [2.45, 2.75) is 6.18 Å². The number of alkyl halides is 3. The molecule has 0 aliphatic carbocycles. The fourth-order valence-electron chi connectivity index (χ4n) is 1.70. The molecule has 3 N–H and O–H groups in total. The lowest BCUT2D eigenvalue weighted by atomic mass is 10.1. The molecule has 0 aliphatic rings.